The van der Waals surface area contributed by atoms with E-state index in [0.29, 0.717) is 36.4 Å². The van der Waals surface area contributed by atoms with E-state index in [9.17, 15) is 95.8 Å². The van der Waals surface area contributed by atoms with Gasteiger partial charge in [-0.3, -0.25) is 27.3 Å². The Morgan fingerprint density at radius 2 is 1.11 bits per heavy atom. The van der Waals surface area contributed by atoms with Crippen molar-refractivity contribution in [2.45, 2.75) is 30.2 Å². The number of anilines is 4. The van der Waals surface area contributed by atoms with Gasteiger partial charge in [0.05, 0.1) is 39.3 Å². The van der Waals surface area contributed by atoms with Crippen LogP contribution in [0.5, 0.6) is 11.5 Å². The molecule has 0 spiro atoms. The minimum atomic E-state index is -5.60. The fourth-order valence-corrected chi connectivity index (χ4v) is 11.7. The first-order valence-corrected chi connectivity index (χ1v) is 29.8. The molecule has 388 valence electrons. The van der Waals surface area contributed by atoms with Crippen LogP contribution in [0.25, 0.3) is 10.8 Å². The lowest BCUT2D eigenvalue weighted by Crippen LogP contribution is -2.16. The molecular formula is C29H26ClN7O26S8. The van der Waals surface area contributed by atoms with Gasteiger partial charge in [-0.15, -0.1) is 10.2 Å². The molecule has 0 radical (unpaired) electrons. The number of hydrogen-bond acceptors (Lipinski definition) is 27. The standard InChI is InChI=1S/C29H26ClN7O26S8/c30-27-33-28(35-29(34-27)32-19-8-15(10-22(25(19)38)69(53,54)55)65(42,43)4-3-62-70(56,57)58)31-18-9-16(66(44,45)46)6-14-7-21(68(50,51)52)24(26(39)23(14)18)37-36-17-2-1-13(5-20(17)67(47,48)49)11-64(40,41)12-63-71(59,60)61/h1-2,5-10,38-39H,3-4,11-12H2,(H,44,45,46)(H,47,48,49)(H,50,51,52)(H,53,54,55)(H,56,57,58)(H,59,60,61)(H2,31,32,33,34,35)/b37-36+. The fraction of sp³-hybridized carbons (Fsp3) is 0.138. The molecule has 1 heterocycles. The average molecular weight is 1180 g/mol. The van der Waals surface area contributed by atoms with Gasteiger partial charge in [-0.2, -0.15) is 65.5 Å². The summed E-state index contributed by atoms with van der Waals surface area (Å²) in [6, 6.07) is 4.20. The third-order valence-electron chi connectivity index (χ3n) is 8.39. The molecule has 0 unspecified atom stereocenters. The Kier molecular flexibility index (Phi) is 15.8. The first-order valence-electron chi connectivity index (χ1n) is 17.4. The summed E-state index contributed by atoms with van der Waals surface area (Å²) in [5, 5.41) is 31.5. The molecule has 0 saturated heterocycles. The molecule has 33 nitrogen and oxygen atoms in total. The molecule has 0 saturated carbocycles. The maximum Gasteiger partial charge on any atom is 0.398 e. The number of rotatable bonds is 20. The molecule has 4 aromatic carbocycles. The molecular weight excluding hydrogens is 1150 g/mol. The van der Waals surface area contributed by atoms with Crippen LogP contribution >= 0.6 is 11.6 Å². The zero-order valence-electron chi connectivity index (χ0n) is 33.8. The van der Waals surface area contributed by atoms with Crippen LogP contribution in [-0.2, 0) is 95.1 Å². The van der Waals surface area contributed by atoms with Gasteiger partial charge in [0.15, 0.2) is 37.1 Å². The molecule has 71 heavy (non-hydrogen) atoms. The van der Waals surface area contributed by atoms with Crippen molar-refractivity contribution in [1.82, 2.24) is 15.0 Å². The maximum atomic E-state index is 13.0. The summed E-state index contributed by atoms with van der Waals surface area (Å²) >= 11 is 6.04. The van der Waals surface area contributed by atoms with Crippen LogP contribution in [0.2, 0.25) is 5.28 Å². The van der Waals surface area contributed by atoms with E-state index in [2.05, 4.69) is 44.2 Å². The Labute approximate surface area is 404 Å². The van der Waals surface area contributed by atoms with Crippen LogP contribution in [-0.4, -0.2) is 138 Å². The van der Waals surface area contributed by atoms with Gasteiger partial charge in [-0.1, -0.05) is 6.07 Å². The topological polar surface area (TPSA) is 541 Å². The molecule has 10 N–H and O–H groups in total. The highest BCUT2D eigenvalue weighted by Gasteiger charge is 2.29. The number of halogens is 1. The molecule has 5 rings (SSSR count). The van der Waals surface area contributed by atoms with Crippen LogP contribution in [0.1, 0.15) is 5.56 Å². The lowest BCUT2D eigenvalue weighted by atomic mass is 10.1. The molecule has 0 bridgehead atoms. The summed E-state index contributed by atoms with van der Waals surface area (Å²) in [5.41, 5.74) is -4.44. The van der Waals surface area contributed by atoms with E-state index >= 15 is 0 Å². The average Bonchev–Trinajstić information content (AvgIpc) is 3.18. The van der Waals surface area contributed by atoms with Crippen molar-refractivity contribution in [2.75, 3.05) is 28.9 Å². The second kappa shape index (κ2) is 19.8. The van der Waals surface area contributed by atoms with E-state index < -0.39 is 197 Å². The zero-order valence-corrected chi connectivity index (χ0v) is 41.0. The Balaban J connectivity index is 1.66. The highest BCUT2D eigenvalue weighted by atomic mass is 35.5. The number of nitrogens with zero attached hydrogens (tertiary/aromatic N) is 5. The maximum absolute atomic E-state index is 13.0. The molecule has 0 fully saturated rings. The lowest BCUT2D eigenvalue weighted by Gasteiger charge is -2.16. The van der Waals surface area contributed by atoms with Crippen molar-refractivity contribution in [3.63, 3.8) is 0 Å². The third kappa shape index (κ3) is 14.8. The Hall–Kier alpha value is -5.48. The highest BCUT2D eigenvalue weighted by molar-refractivity contribution is 7.92. The van der Waals surface area contributed by atoms with Crippen molar-refractivity contribution >= 4 is 138 Å². The van der Waals surface area contributed by atoms with Gasteiger partial charge in [0, 0.05) is 5.39 Å². The largest absolute Gasteiger partial charge is 0.505 e. The molecule has 42 heteroatoms. The summed E-state index contributed by atoms with van der Waals surface area (Å²) in [6.07, 6.45) is 0. The molecule has 5 aromatic rings. The molecule has 1 aromatic heterocycles. The number of hydrogen-bond donors (Lipinski definition) is 10. The number of aromatic nitrogens is 3. The summed E-state index contributed by atoms with van der Waals surface area (Å²) in [5.74, 6) is -8.61. The number of benzene rings is 4. The molecule has 0 atom stereocenters. The van der Waals surface area contributed by atoms with E-state index in [1.54, 1.807) is 0 Å². The van der Waals surface area contributed by atoms with E-state index in [1.807, 2.05) is 0 Å². The monoisotopic (exact) mass is 1180 g/mol. The van der Waals surface area contributed by atoms with Crippen LogP contribution in [0, 0.1) is 0 Å². The molecule has 0 aliphatic carbocycles. The van der Waals surface area contributed by atoms with Crippen LogP contribution in [0.4, 0.5) is 34.6 Å². The number of phenolic OH excluding ortho intramolecular Hbond substituents is 2. The van der Waals surface area contributed by atoms with Crippen molar-refractivity contribution in [2.24, 2.45) is 10.2 Å². The smallest absolute Gasteiger partial charge is 0.398 e. The number of sulfone groups is 2. The van der Waals surface area contributed by atoms with Crippen molar-refractivity contribution in [3.8, 4) is 11.5 Å². The predicted molar refractivity (Wildman–Crippen MR) is 235 cm³/mol. The van der Waals surface area contributed by atoms with E-state index in [1.165, 1.54) is 0 Å². The third-order valence-corrected chi connectivity index (χ3v) is 15.9. The predicted octanol–water partition coefficient (Wildman–Crippen LogP) is 1.26. The first-order chi connectivity index (χ1) is 32.1. The molecule has 0 aliphatic rings. The first kappa shape index (κ1) is 56.4. The summed E-state index contributed by atoms with van der Waals surface area (Å²) < 4.78 is 258. The van der Waals surface area contributed by atoms with Gasteiger partial charge >= 0.3 is 20.8 Å². The van der Waals surface area contributed by atoms with E-state index in [-0.39, 0.29) is 6.07 Å². The molecule has 0 amide bonds. The zero-order chi connectivity index (χ0) is 53.7. The van der Waals surface area contributed by atoms with Gasteiger partial charge < -0.3 is 20.8 Å². The minimum absolute atomic E-state index is 0.240. The number of fused-ring (bicyclic) bond motifs is 1. The van der Waals surface area contributed by atoms with Crippen LogP contribution < -0.4 is 10.6 Å². The van der Waals surface area contributed by atoms with Gasteiger partial charge in [0.2, 0.25) is 17.2 Å². The van der Waals surface area contributed by atoms with Crippen molar-refractivity contribution in [3.05, 3.63) is 59.4 Å². The minimum Gasteiger partial charge on any atom is -0.505 e. The van der Waals surface area contributed by atoms with Crippen molar-refractivity contribution in [1.29, 1.82) is 0 Å². The lowest BCUT2D eigenvalue weighted by molar-refractivity contribution is 0.283. The Bertz CT molecular complexity index is 4010. The van der Waals surface area contributed by atoms with Crippen molar-refractivity contribution < 1.29 is 113 Å². The molecule has 0 aliphatic heterocycles. The highest BCUT2D eigenvalue weighted by Crippen LogP contribution is 2.46. The second-order valence-corrected chi connectivity index (χ2v) is 25.7. The number of azo groups is 1. The van der Waals surface area contributed by atoms with Crippen LogP contribution in [0.15, 0.2) is 83.2 Å². The Morgan fingerprint density at radius 3 is 1.65 bits per heavy atom. The number of aromatic hydroxyl groups is 2. The quantitative estimate of drug-likeness (QED) is 0.0298. The van der Waals surface area contributed by atoms with Gasteiger partial charge in [0.25, 0.3) is 40.5 Å². The van der Waals surface area contributed by atoms with Gasteiger partial charge in [-0.25, -0.2) is 25.2 Å². The summed E-state index contributed by atoms with van der Waals surface area (Å²) in [6.45, 7) is -1.22. The number of phenols is 2. The normalized spacial score (nSPS) is 13.5. The summed E-state index contributed by atoms with van der Waals surface area (Å²) in [7, 11) is -41.7. The SMILES string of the molecule is O=S(=O)(COS(=O)(=O)O)Cc1ccc(/N=N/c2c(S(=O)(=O)O)cc3cc(S(=O)(=O)O)cc(Nc4nc(Cl)nc(Nc5cc(S(=O)(=O)CCOS(=O)(=O)O)cc(S(=O)(=O)O)c5O)n4)c3c2O)c(S(=O)(=O)O)c1. The fourth-order valence-electron chi connectivity index (χ4n) is 5.60. The van der Waals surface area contributed by atoms with Gasteiger partial charge in [-0.05, 0) is 65.0 Å². The van der Waals surface area contributed by atoms with E-state index in [0.717, 1.165) is 6.07 Å². The van der Waals surface area contributed by atoms with Crippen LogP contribution in [0.3, 0.4) is 0 Å². The van der Waals surface area contributed by atoms with Gasteiger partial charge in [0.1, 0.15) is 26.1 Å². The Morgan fingerprint density at radius 1 is 0.563 bits per heavy atom. The van der Waals surface area contributed by atoms with E-state index in [4.69, 9.17) is 20.7 Å². The summed E-state index contributed by atoms with van der Waals surface area (Å²) in [4.78, 5) is 4.93. The second-order valence-electron chi connectivity index (χ2n) is 13.5. The number of nitrogens with one attached hydrogen (secondary N) is 2.